The molecule has 0 fully saturated rings. The van der Waals surface area contributed by atoms with E-state index in [0.29, 0.717) is 16.2 Å². The predicted molar refractivity (Wildman–Crippen MR) is 103 cm³/mol. The quantitative estimate of drug-likeness (QED) is 0.735. The summed E-state index contributed by atoms with van der Waals surface area (Å²) in [6.45, 7) is 4.23. The molecule has 0 unspecified atom stereocenters. The first-order chi connectivity index (χ1) is 12.1. The lowest BCUT2D eigenvalue weighted by Crippen LogP contribution is -2.31. The Balaban J connectivity index is 2.26. The highest BCUT2D eigenvalue weighted by Gasteiger charge is 2.37. The molecule has 1 heterocycles. The summed E-state index contributed by atoms with van der Waals surface area (Å²) >= 11 is 6.11. The third-order valence-corrected chi connectivity index (χ3v) is 5.74. The zero-order valence-corrected chi connectivity index (χ0v) is 16.3. The van der Waals surface area contributed by atoms with Gasteiger partial charge in [-0.05, 0) is 41.0 Å². The number of carbonyl (C=O) groups is 1. The van der Waals surface area contributed by atoms with Gasteiger partial charge in [0.2, 0.25) is 0 Å². The molecule has 2 aromatic carbocycles. The van der Waals surface area contributed by atoms with Crippen LogP contribution in [-0.2, 0) is 19.4 Å². The number of hydrogen-bond acceptors (Lipinski definition) is 4. The summed E-state index contributed by atoms with van der Waals surface area (Å²) in [7, 11) is -3.29. The van der Waals surface area contributed by atoms with E-state index in [9.17, 15) is 13.2 Å². The summed E-state index contributed by atoms with van der Waals surface area (Å²) in [4.78, 5) is 12.8. The molecule has 0 bridgehead atoms. The Labute approximate surface area is 158 Å². The number of halogens is 1. The van der Waals surface area contributed by atoms with Gasteiger partial charge in [-0.2, -0.15) is 0 Å². The first kappa shape index (κ1) is 18.7. The van der Waals surface area contributed by atoms with Crippen molar-refractivity contribution in [2.75, 3.05) is 12.9 Å². The lowest BCUT2D eigenvalue weighted by Gasteiger charge is -2.34. The fraction of sp³-hybridized carbons (Fsp3) is 0.250. The van der Waals surface area contributed by atoms with Crippen molar-refractivity contribution in [3.63, 3.8) is 0 Å². The van der Waals surface area contributed by atoms with Crippen LogP contribution in [0.15, 0.2) is 53.4 Å². The number of esters is 1. The highest BCUT2D eigenvalue weighted by Crippen LogP contribution is 2.44. The zero-order chi connectivity index (χ0) is 19.1. The first-order valence-electron chi connectivity index (χ1n) is 8.08. The minimum absolute atomic E-state index is 0.238. The van der Waals surface area contributed by atoms with E-state index >= 15 is 0 Å². The summed E-state index contributed by atoms with van der Waals surface area (Å²) in [5.74, 6) is -0.409. The lowest BCUT2D eigenvalue weighted by atomic mass is 9.75. The Bertz CT molecular complexity index is 1000. The zero-order valence-electron chi connectivity index (χ0n) is 14.7. The first-order valence-corrected chi connectivity index (χ1v) is 10.3. The molecular formula is C20H19ClO4S. The molecule has 0 aromatic heterocycles. The summed E-state index contributed by atoms with van der Waals surface area (Å²) in [6, 6.07) is 13.6. The molecular weight excluding hydrogens is 372 g/mol. The maximum atomic E-state index is 12.6. The van der Waals surface area contributed by atoms with Gasteiger partial charge in [-0.15, -0.1) is 0 Å². The standard InChI is InChI=1S/C20H19ClO4S/c1-20(2)12-25-19(22)17(14-5-4-6-15(21)11-14)18(20)13-7-9-16(10-8-13)26(3,23)24/h4-11H,12H2,1-3H3. The highest BCUT2D eigenvalue weighted by atomic mass is 35.5. The smallest absolute Gasteiger partial charge is 0.339 e. The van der Waals surface area contributed by atoms with Crippen molar-refractivity contribution in [3.05, 3.63) is 64.7 Å². The second-order valence-electron chi connectivity index (χ2n) is 7.02. The molecule has 2 aromatic rings. The number of cyclic esters (lactones) is 1. The van der Waals surface area contributed by atoms with Gasteiger partial charge in [-0.25, -0.2) is 13.2 Å². The summed E-state index contributed by atoms with van der Waals surface area (Å²) in [5.41, 5.74) is 2.30. The monoisotopic (exact) mass is 390 g/mol. The number of rotatable bonds is 3. The fourth-order valence-corrected chi connectivity index (χ4v) is 3.96. The van der Waals surface area contributed by atoms with Gasteiger partial charge in [0.25, 0.3) is 0 Å². The Hall–Kier alpha value is -2.11. The molecule has 0 spiro atoms. The molecule has 1 aliphatic heterocycles. The second-order valence-corrected chi connectivity index (χ2v) is 9.47. The van der Waals surface area contributed by atoms with Crippen LogP contribution in [0.4, 0.5) is 0 Å². The molecule has 26 heavy (non-hydrogen) atoms. The van der Waals surface area contributed by atoms with E-state index in [1.807, 2.05) is 19.9 Å². The van der Waals surface area contributed by atoms with E-state index in [2.05, 4.69) is 0 Å². The van der Waals surface area contributed by atoms with Crippen LogP contribution in [0.1, 0.15) is 25.0 Å². The van der Waals surface area contributed by atoms with Gasteiger partial charge >= 0.3 is 5.97 Å². The molecule has 0 saturated carbocycles. The van der Waals surface area contributed by atoms with Crippen LogP contribution in [0.3, 0.4) is 0 Å². The Morgan fingerprint density at radius 2 is 1.69 bits per heavy atom. The molecule has 6 heteroatoms. The van der Waals surface area contributed by atoms with Gasteiger partial charge in [0.1, 0.15) is 6.61 Å². The number of carbonyl (C=O) groups excluding carboxylic acids is 1. The number of benzene rings is 2. The highest BCUT2D eigenvalue weighted by molar-refractivity contribution is 7.90. The Kier molecular flexibility index (Phi) is 4.71. The largest absolute Gasteiger partial charge is 0.461 e. The van der Waals surface area contributed by atoms with E-state index < -0.39 is 21.2 Å². The van der Waals surface area contributed by atoms with Crippen molar-refractivity contribution >= 4 is 38.6 Å². The molecule has 0 radical (unpaired) electrons. The van der Waals surface area contributed by atoms with Gasteiger partial charge in [0.05, 0.1) is 10.5 Å². The second kappa shape index (κ2) is 6.56. The number of sulfone groups is 1. The molecule has 1 aliphatic rings. The van der Waals surface area contributed by atoms with Crippen LogP contribution >= 0.6 is 11.6 Å². The minimum atomic E-state index is -3.29. The molecule has 0 atom stereocenters. The van der Waals surface area contributed by atoms with Crippen LogP contribution < -0.4 is 0 Å². The maximum absolute atomic E-state index is 12.6. The van der Waals surface area contributed by atoms with Crippen molar-refractivity contribution in [2.45, 2.75) is 18.7 Å². The van der Waals surface area contributed by atoms with Crippen LogP contribution in [0.5, 0.6) is 0 Å². The summed E-state index contributed by atoms with van der Waals surface area (Å²) in [6.07, 6.45) is 1.17. The van der Waals surface area contributed by atoms with Gasteiger partial charge in [0, 0.05) is 16.7 Å². The average Bonchev–Trinajstić information content (AvgIpc) is 2.56. The third kappa shape index (κ3) is 3.55. The fourth-order valence-electron chi connectivity index (χ4n) is 3.14. The molecule has 0 amide bonds. The normalized spacial score (nSPS) is 17.2. The summed E-state index contributed by atoms with van der Waals surface area (Å²) in [5, 5.41) is 0.526. The van der Waals surface area contributed by atoms with Gasteiger partial charge in [-0.1, -0.05) is 49.7 Å². The van der Waals surface area contributed by atoms with Crippen molar-refractivity contribution in [1.82, 2.24) is 0 Å². The lowest BCUT2D eigenvalue weighted by molar-refractivity contribution is -0.139. The summed E-state index contributed by atoms with van der Waals surface area (Å²) < 4.78 is 28.8. The van der Waals surface area contributed by atoms with Crippen LogP contribution in [0, 0.1) is 5.41 Å². The minimum Gasteiger partial charge on any atom is -0.461 e. The topological polar surface area (TPSA) is 60.4 Å². The molecule has 0 N–H and O–H groups in total. The van der Waals surface area contributed by atoms with Crippen molar-refractivity contribution < 1.29 is 17.9 Å². The van der Waals surface area contributed by atoms with Gasteiger partial charge < -0.3 is 4.74 Å². The molecule has 0 saturated heterocycles. The van der Waals surface area contributed by atoms with Crippen LogP contribution in [-0.4, -0.2) is 27.2 Å². The van der Waals surface area contributed by atoms with Crippen LogP contribution in [0.2, 0.25) is 5.02 Å². The van der Waals surface area contributed by atoms with Gasteiger partial charge in [-0.3, -0.25) is 0 Å². The molecule has 136 valence electrons. The number of ether oxygens (including phenoxy) is 1. The Morgan fingerprint density at radius 3 is 2.27 bits per heavy atom. The molecule has 0 aliphatic carbocycles. The molecule has 3 rings (SSSR count). The van der Waals surface area contributed by atoms with Crippen molar-refractivity contribution in [1.29, 1.82) is 0 Å². The predicted octanol–water partition coefficient (Wildman–Crippen LogP) is 4.24. The van der Waals surface area contributed by atoms with Crippen molar-refractivity contribution in [3.8, 4) is 0 Å². The van der Waals surface area contributed by atoms with Crippen LogP contribution in [0.25, 0.3) is 11.1 Å². The SMILES string of the molecule is CC1(C)COC(=O)C(c2cccc(Cl)c2)=C1c1ccc(S(C)(=O)=O)cc1. The van der Waals surface area contributed by atoms with E-state index in [1.165, 1.54) is 6.26 Å². The van der Waals surface area contributed by atoms with E-state index in [0.717, 1.165) is 11.1 Å². The van der Waals surface area contributed by atoms with Gasteiger partial charge in [0.15, 0.2) is 9.84 Å². The van der Waals surface area contributed by atoms with E-state index in [-0.39, 0.29) is 11.5 Å². The van der Waals surface area contributed by atoms with E-state index in [4.69, 9.17) is 16.3 Å². The van der Waals surface area contributed by atoms with E-state index in [1.54, 1.807) is 42.5 Å². The average molecular weight is 391 g/mol. The molecule has 4 nitrogen and oxygen atoms in total. The van der Waals surface area contributed by atoms with Crippen molar-refractivity contribution in [2.24, 2.45) is 5.41 Å². The number of hydrogen-bond donors (Lipinski definition) is 0. The Morgan fingerprint density at radius 1 is 1.04 bits per heavy atom. The third-order valence-electron chi connectivity index (χ3n) is 4.38. The maximum Gasteiger partial charge on any atom is 0.339 e.